The highest BCUT2D eigenvalue weighted by Crippen LogP contribution is 2.33. The fourth-order valence-electron chi connectivity index (χ4n) is 3.76. The van der Waals surface area contributed by atoms with E-state index in [1.165, 1.54) is 0 Å². The van der Waals surface area contributed by atoms with Gasteiger partial charge in [-0.05, 0) is 23.8 Å². The summed E-state index contributed by atoms with van der Waals surface area (Å²) in [5.74, 6) is 2.07. The average molecular weight is 487 g/mol. The molecule has 1 aromatic heterocycles. The predicted octanol–water partition coefficient (Wildman–Crippen LogP) is 5.48. The zero-order valence-corrected chi connectivity index (χ0v) is 19.9. The maximum Gasteiger partial charge on any atom is 0.188 e. The van der Waals surface area contributed by atoms with Gasteiger partial charge < -0.3 is 19.8 Å². The highest BCUT2D eigenvalue weighted by Gasteiger charge is 2.21. The summed E-state index contributed by atoms with van der Waals surface area (Å²) in [6.45, 7) is 9.49. The van der Waals surface area contributed by atoms with E-state index in [1.54, 1.807) is 14.2 Å². The van der Waals surface area contributed by atoms with Crippen LogP contribution in [-0.4, -0.2) is 43.2 Å². The van der Waals surface area contributed by atoms with Crippen molar-refractivity contribution in [2.75, 3.05) is 37.5 Å². The molecule has 0 unspecified atom stereocenters. The molecule has 4 rings (SSSR count). The Hall–Kier alpha value is -3.28. The second kappa shape index (κ2) is 11.0. The first-order valence-electron chi connectivity index (χ1n) is 10.2. The number of aromatic nitrogens is 2. The van der Waals surface area contributed by atoms with Crippen LogP contribution in [0.25, 0.3) is 15.6 Å². The molecule has 3 aromatic rings. The number of fused-ring (bicyclic) bond motifs is 1. The number of benzene rings is 2. The molecular weight excluding hydrogens is 463 g/mol. The highest BCUT2D eigenvalue weighted by molar-refractivity contribution is 6.32. The standard InChI is InChI=1S/C23H23ClN6O2.ClH/c1-25-17-5-6-18-19(13-17)22(26-14-15-4-7-21(31-2)20(24)12-15)27-28-23(18)30-10-8-16(9-11-30)29-32-3;/h4-7,12-13H,8-11,14H2,2-3H3,(H,26,27);1H. The van der Waals surface area contributed by atoms with Crippen molar-refractivity contribution in [1.29, 1.82) is 0 Å². The number of methoxy groups -OCH3 is 1. The summed E-state index contributed by atoms with van der Waals surface area (Å²) in [7, 11) is 3.16. The van der Waals surface area contributed by atoms with Gasteiger partial charge >= 0.3 is 0 Å². The fourth-order valence-corrected chi connectivity index (χ4v) is 4.04. The van der Waals surface area contributed by atoms with Gasteiger partial charge in [-0.25, -0.2) is 4.85 Å². The minimum atomic E-state index is 0. The molecule has 0 amide bonds. The van der Waals surface area contributed by atoms with Gasteiger partial charge in [0, 0.05) is 43.2 Å². The van der Waals surface area contributed by atoms with Crippen LogP contribution in [0.15, 0.2) is 41.6 Å². The Balaban J connectivity index is 0.00000306. The summed E-state index contributed by atoms with van der Waals surface area (Å²) in [6.07, 6.45) is 1.63. The van der Waals surface area contributed by atoms with Gasteiger partial charge in [-0.2, -0.15) is 0 Å². The molecule has 8 nitrogen and oxygen atoms in total. The molecule has 2 heterocycles. The van der Waals surface area contributed by atoms with Gasteiger partial charge in [0.05, 0.1) is 24.4 Å². The zero-order chi connectivity index (χ0) is 22.5. The number of ether oxygens (including phenoxy) is 1. The number of hydrogen-bond donors (Lipinski definition) is 1. The molecule has 1 saturated heterocycles. The molecule has 172 valence electrons. The average Bonchev–Trinajstić information content (AvgIpc) is 2.83. The molecule has 1 aliphatic heterocycles. The lowest BCUT2D eigenvalue weighted by molar-refractivity contribution is 0.211. The zero-order valence-electron chi connectivity index (χ0n) is 18.3. The normalized spacial score (nSPS) is 13.2. The third kappa shape index (κ3) is 5.38. The van der Waals surface area contributed by atoms with E-state index in [4.69, 9.17) is 27.7 Å². The number of hydrogen-bond acceptors (Lipinski definition) is 7. The molecule has 10 heteroatoms. The number of nitrogens with one attached hydrogen (secondary N) is 1. The van der Waals surface area contributed by atoms with Crippen LogP contribution >= 0.6 is 24.0 Å². The molecule has 0 saturated carbocycles. The van der Waals surface area contributed by atoms with E-state index in [1.807, 2.05) is 36.4 Å². The van der Waals surface area contributed by atoms with Gasteiger partial charge in [0.2, 0.25) is 0 Å². The van der Waals surface area contributed by atoms with Crippen LogP contribution < -0.4 is 15.0 Å². The first-order chi connectivity index (χ1) is 15.6. The van der Waals surface area contributed by atoms with E-state index in [2.05, 4.69) is 30.4 Å². The van der Waals surface area contributed by atoms with Crippen LogP contribution in [0.2, 0.25) is 5.02 Å². The lowest BCUT2D eigenvalue weighted by Gasteiger charge is -2.29. The Labute approximate surface area is 203 Å². The van der Waals surface area contributed by atoms with Gasteiger partial charge in [-0.3, -0.25) is 0 Å². The Morgan fingerprint density at radius 3 is 2.58 bits per heavy atom. The summed E-state index contributed by atoms with van der Waals surface area (Å²) in [4.78, 5) is 10.7. The summed E-state index contributed by atoms with van der Waals surface area (Å²) in [5, 5.41) is 18.8. The quantitative estimate of drug-likeness (QED) is 0.367. The second-order valence-electron chi connectivity index (χ2n) is 7.36. The molecule has 33 heavy (non-hydrogen) atoms. The number of nitrogens with zero attached hydrogens (tertiary/aromatic N) is 5. The summed E-state index contributed by atoms with van der Waals surface area (Å²) in [6, 6.07) is 11.2. The van der Waals surface area contributed by atoms with Crippen LogP contribution in [0.5, 0.6) is 5.75 Å². The molecule has 1 N–H and O–H groups in total. The van der Waals surface area contributed by atoms with E-state index in [-0.39, 0.29) is 12.4 Å². The van der Waals surface area contributed by atoms with Crippen LogP contribution in [0.3, 0.4) is 0 Å². The molecule has 0 atom stereocenters. The summed E-state index contributed by atoms with van der Waals surface area (Å²) >= 11 is 6.25. The van der Waals surface area contributed by atoms with E-state index in [0.717, 1.165) is 53.8 Å². The van der Waals surface area contributed by atoms with Crippen molar-refractivity contribution in [3.05, 3.63) is 58.4 Å². The summed E-state index contributed by atoms with van der Waals surface area (Å²) in [5.41, 5.74) is 2.59. The number of rotatable bonds is 6. The van der Waals surface area contributed by atoms with Crippen molar-refractivity contribution < 1.29 is 9.57 Å². The number of piperidine rings is 1. The van der Waals surface area contributed by atoms with Crippen molar-refractivity contribution in [3.63, 3.8) is 0 Å². The second-order valence-corrected chi connectivity index (χ2v) is 7.77. The smallest absolute Gasteiger partial charge is 0.188 e. The minimum Gasteiger partial charge on any atom is -0.495 e. The van der Waals surface area contributed by atoms with Crippen LogP contribution in [0, 0.1) is 6.57 Å². The Bertz CT molecular complexity index is 1200. The lowest BCUT2D eigenvalue weighted by Crippen LogP contribution is -2.34. The molecule has 0 aliphatic carbocycles. The van der Waals surface area contributed by atoms with Crippen molar-refractivity contribution >= 4 is 57.8 Å². The van der Waals surface area contributed by atoms with Gasteiger partial charge in [-0.1, -0.05) is 35.0 Å². The van der Waals surface area contributed by atoms with Gasteiger partial charge in [0.25, 0.3) is 0 Å². The fraction of sp³-hybridized carbons (Fsp3) is 0.304. The maximum absolute atomic E-state index is 7.41. The Morgan fingerprint density at radius 2 is 1.91 bits per heavy atom. The third-order valence-corrected chi connectivity index (χ3v) is 5.71. The maximum atomic E-state index is 7.41. The first-order valence-corrected chi connectivity index (χ1v) is 10.6. The number of halogens is 2. The molecule has 0 spiro atoms. The van der Waals surface area contributed by atoms with Gasteiger partial charge in [0.1, 0.15) is 12.9 Å². The molecule has 2 aromatic carbocycles. The molecular formula is C23H24Cl2N6O2. The molecule has 1 aliphatic rings. The SMILES string of the molecule is Cl.[C-]#[N+]c1ccc2c(N3CCC(=NOC)CC3)nnc(NCc3ccc(OC)c(Cl)c3)c2c1. The first kappa shape index (κ1) is 24.4. The van der Waals surface area contributed by atoms with Crippen molar-refractivity contribution in [2.24, 2.45) is 5.16 Å². The molecule has 0 bridgehead atoms. The van der Waals surface area contributed by atoms with E-state index in [9.17, 15) is 0 Å². The Kier molecular flexibility index (Phi) is 8.15. The van der Waals surface area contributed by atoms with E-state index in [0.29, 0.717) is 28.8 Å². The number of anilines is 2. The monoisotopic (exact) mass is 486 g/mol. The van der Waals surface area contributed by atoms with E-state index >= 15 is 0 Å². The van der Waals surface area contributed by atoms with E-state index < -0.39 is 0 Å². The minimum absolute atomic E-state index is 0. The van der Waals surface area contributed by atoms with Crippen molar-refractivity contribution in [2.45, 2.75) is 19.4 Å². The van der Waals surface area contributed by atoms with Crippen LogP contribution in [-0.2, 0) is 11.4 Å². The van der Waals surface area contributed by atoms with Crippen molar-refractivity contribution in [3.8, 4) is 5.75 Å². The van der Waals surface area contributed by atoms with Gasteiger partial charge in [-0.15, -0.1) is 22.6 Å². The van der Waals surface area contributed by atoms with Crippen LogP contribution in [0.4, 0.5) is 17.3 Å². The molecule has 1 fully saturated rings. The summed E-state index contributed by atoms with van der Waals surface area (Å²) < 4.78 is 5.22. The Morgan fingerprint density at radius 1 is 1.12 bits per heavy atom. The van der Waals surface area contributed by atoms with Gasteiger partial charge in [0.15, 0.2) is 17.3 Å². The number of oxime groups is 1. The third-order valence-electron chi connectivity index (χ3n) is 5.41. The van der Waals surface area contributed by atoms with Crippen molar-refractivity contribution in [1.82, 2.24) is 10.2 Å². The van der Waals surface area contributed by atoms with Crippen LogP contribution in [0.1, 0.15) is 18.4 Å². The topological polar surface area (TPSA) is 76.2 Å². The largest absolute Gasteiger partial charge is 0.495 e. The lowest BCUT2D eigenvalue weighted by atomic mass is 10.1. The molecule has 0 radical (unpaired) electrons. The predicted molar refractivity (Wildman–Crippen MR) is 134 cm³/mol. The highest BCUT2D eigenvalue weighted by atomic mass is 35.5.